The zero-order valence-electron chi connectivity index (χ0n) is 14.9. The highest BCUT2D eigenvalue weighted by atomic mass is 32.2. The minimum Gasteiger partial charge on any atom is -0.326 e. The number of fused-ring (bicyclic) bond motifs is 1. The smallest absolute Gasteiger partial charge is 0.224 e. The molecule has 0 unspecified atom stereocenters. The Morgan fingerprint density at radius 1 is 1.12 bits per heavy atom. The molecular weight excluding hydrogens is 346 g/mol. The number of imidazole rings is 1. The van der Waals surface area contributed by atoms with Crippen LogP contribution >= 0.6 is 11.8 Å². The summed E-state index contributed by atoms with van der Waals surface area (Å²) >= 11 is 1.43. The van der Waals surface area contributed by atoms with E-state index in [1.54, 1.807) is 24.3 Å². The number of nitrogens with one attached hydrogen (secondary N) is 1. The highest BCUT2D eigenvalue weighted by molar-refractivity contribution is 7.99. The molecule has 3 aromatic rings. The third-order valence-electron chi connectivity index (χ3n) is 4.05. The predicted octanol–water partition coefficient (Wildman–Crippen LogP) is 4.29. The van der Waals surface area contributed by atoms with Crippen LogP contribution in [-0.4, -0.2) is 27.0 Å². The average molecular weight is 367 g/mol. The number of aromatic nitrogens is 2. The van der Waals surface area contributed by atoms with Gasteiger partial charge in [-0.2, -0.15) is 0 Å². The van der Waals surface area contributed by atoms with Crippen molar-refractivity contribution in [3.05, 3.63) is 54.1 Å². The molecule has 6 heteroatoms. The molecule has 0 fully saturated rings. The van der Waals surface area contributed by atoms with Crippen LogP contribution in [0.2, 0.25) is 0 Å². The highest BCUT2D eigenvalue weighted by Crippen LogP contribution is 2.23. The first-order valence-corrected chi connectivity index (χ1v) is 9.54. The van der Waals surface area contributed by atoms with Gasteiger partial charge in [0, 0.05) is 24.7 Å². The molecule has 0 saturated heterocycles. The maximum atomic E-state index is 12.4. The van der Waals surface area contributed by atoms with Gasteiger partial charge in [0.25, 0.3) is 0 Å². The summed E-state index contributed by atoms with van der Waals surface area (Å²) in [4.78, 5) is 28.6. The Hall–Kier alpha value is -2.60. The molecular formula is C20H21N3O2S. The molecule has 1 heterocycles. The maximum Gasteiger partial charge on any atom is 0.224 e. The lowest BCUT2D eigenvalue weighted by Crippen LogP contribution is -2.11. The molecule has 1 N–H and O–H groups in total. The van der Waals surface area contributed by atoms with Crippen LogP contribution in [0, 0.1) is 0 Å². The number of rotatable bonds is 7. The van der Waals surface area contributed by atoms with Gasteiger partial charge in [-0.3, -0.25) is 9.59 Å². The van der Waals surface area contributed by atoms with E-state index >= 15 is 0 Å². The van der Waals surface area contributed by atoms with E-state index in [1.165, 1.54) is 11.8 Å². The second-order valence-corrected chi connectivity index (χ2v) is 6.97. The first kappa shape index (κ1) is 18.2. The standard InChI is InChI=1S/C20H21N3O2S/c1-3-6-19(25)21-15-11-9-14(10-12-15)18(24)13-26-20-22-16-7-4-5-8-17(16)23(20)2/h4-5,7-12H,3,6,13H2,1-2H3,(H,21,25). The van der Waals surface area contributed by atoms with E-state index < -0.39 is 0 Å². The van der Waals surface area contributed by atoms with Crippen molar-refractivity contribution in [3.63, 3.8) is 0 Å². The molecule has 2 aromatic carbocycles. The summed E-state index contributed by atoms with van der Waals surface area (Å²) in [5, 5.41) is 3.64. The minimum absolute atomic E-state index is 0.0102. The Balaban J connectivity index is 1.62. The van der Waals surface area contributed by atoms with Crippen LogP contribution < -0.4 is 5.32 Å². The molecule has 1 aromatic heterocycles. The number of thioether (sulfide) groups is 1. The van der Waals surface area contributed by atoms with Crippen molar-refractivity contribution in [2.24, 2.45) is 7.05 Å². The number of amides is 1. The monoisotopic (exact) mass is 367 g/mol. The second-order valence-electron chi connectivity index (χ2n) is 6.03. The molecule has 0 radical (unpaired) electrons. The summed E-state index contributed by atoms with van der Waals surface area (Å²) in [7, 11) is 1.95. The summed E-state index contributed by atoms with van der Waals surface area (Å²) in [5.74, 6) is 0.344. The SMILES string of the molecule is CCCC(=O)Nc1ccc(C(=O)CSc2nc3ccccc3n2C)cc1. The van der Waals surface area contributed by atoms with Crippen LogP contribution in [0.4, 0.5) is 5.69 Å². The normalized spacial score (nSPS) is 10.8. The summed E-state index contributed by atoms with van der Waals surface area (Å²) in [6.45, 7) is 1.96. The number of aryl methyl sites for hydroxylation is 1. The van der Waals surface area contributed by atoms with Gasteiger partial charge in [0.15, 0.2) is 10.9 Å². The number of hydrogen-bond donors (Lipinski definition) is 1. The molecule has 0 aliphatic rings. The van der Waals surface area contributed by atoms with Gasteiger partial charge < -0.3 is 9.88 Å². The quantitative estimate of drug-likeness (QED) is 0.500. The van der Waals surface area contributed by atoms with Crippen LogP contribution in [0.3, 0.4) is 0 Å². The van der Waals surface area contributed by atoms with Crippen LogP contribution in [0.5, 0.6) is 0 Å². The summed E-state index contributed by atoms with van der Waals surface area (Å²) in [6.07, 6.45) is 1.30. The molecule has 5 nitrogen and oxygen atoms in total. The lowest BCUT2D eigenvalue weighted by molar-refractivity contribution is -0.116. The largest absolute Gasteiger partial charge is 0.326 e. The molecule has 3 rings (SSSR count). The Morgan fingerprint density at radius 2 is 1.85 bits per heavy atom. The summed E-state index contributed by atoms with van der Waals surface area (Å²) in [6, 6.07) is 14.9. The Labute approximate surface area is 156 Å². The first-order chi connectivity index (χ1) is 12.6. The molecule has 0 atom stereocenters. The van der Waals surface area contributed by atoms with E-state index in [-0.39, 0.29) is 11.7 Å². The fourth-order valence-electron chi connectivity index (χ4n) is 2.66. The molecule has 0 aliphatic heterocycles. The number of Topliss-reactive ketones (excluding diaryl/α,β-unsaturated/α-hetero) is 1. The van der Waals surface area contributed by atoms with Crippen LogP contribution in [0.15, 0.2) is 53.7 Å². The van der Waals surface area contributed by atoms with Crippen molar-refractivity contribution in [3.8, 4) is 0 Å². The zero-order chi connectivity index (χ0) is 18.5. The minimum atomic E-state index is -0.0102. The van der Waals surface area contributed by atoms with E-state index in [9.17, 15) is 9.59 Å². The number of nitrogens with zero attached hydrogens (tertiary/aromatic N) is 2. The van der Waals surface area contributed by atoms with E-state index in [1.807, 2.05) is 42.8 Å². The number of para-hydroxylation sites is 2. The average Bonchev–Trinajstić information content (AvgIpc) is 2.97. The van der Waals surface area contributed by atoms with Gasteiger partial charge in [0.05, 0.1) is 16.8 Å². The Kier molecular flexibility index (Phi) is 5.73. The molecule has 0 spiro atoms. The Morgan fingerprint density at radius 3 is 2.54 bits per heavy atom. The first-order valence-electron chi connectivity index (χ1n) is 8.56. The van der Waals surface area contributed by atoms with Crippen LogP contribution in [-0.2, 0) is 11.8 Å². The lowest BCUT2D eigenvalue weighted by atomic mass is 10.1. The van der Waals surface area contributed by atoms with Gasteiger partial charge in [-0.25, -0.2) is 4.98 Å². The summed E-state index contributed by atoms with van der Waals surface area (Å²) in [5.41, 5.74) is 3.32. The highest BCUT2D eigenvalue weighted by Gasteiger charge is 2.12. The number of anilines is 1. The molecule has 0 bridgehead atoms. The molecule has 1 amide bonds. The van der Waals surface area contributed by atoms with Gasteiger partial charge in [0.2, 0.25) is 5.91 Å². The number of ketones is 1. The lowest BCUT2D eigenvalue weighted by Gasteiger charge is -2.06. The van der Waals surface area contributed by atoms with Gasteiger partial charge in [-0.1, -0.05) is 30.8 Å². The van der Waals surface area contributed by atoms with Crippen molar-refractivity contribution in [2.75, 3.05) is 11.1 Å². The topological polar surface area (TPSA) is 64.0 Å². The summed E-state index contributed by atoms with van der Waals surface area (Å²) < 4.78 is 2.00. The van der Waals surface area contributed by atoms with E-state index in [0.29, 0.717) is 23.4 Å². The number of hydrogen-bond acceptors (Lipinski definition) is 4. The van der Waals surface area contributed by atoms with Gasteiger partial charge >= 0.3 is 0 Å². The second kappa shape index (κ2) is 8.19. The molecule has 26 heavy (non-hydrogen) atoms. The number of benzene rings is 2. The maximum absolute atomic E-state index is 12.4. The van der Waals surface area contributed by atoms with E-state index in [2.05, 4.69) is 10.3 Å². The van der Waals surface area contributed by atoms with Gasteiger partial charge in [-0.05, 0) is 42.8 Å². The van der Waals surface area contributed by atoms with Gasteiger partial charge in [0.1, 0.15) is 0 Å². The third-order valence-corrected chi connectivity index (χ3v) is 5.08. The van der Waals surface area contributed by atoms with Crippen LogP contribution in [0.1, 0.15) is 30.1 Å². The molecule has 0 aliphatic carbocycles. The van der Waals surface area contributed by atoms with E-state index in [0.717, 1.165) is 22.6 Å². The molecule has 0 saturated carbocycles. The van der Waals surface area contributed by atoms with Crippen molar-refractivity contribution in [1.29, 1.82) is 0 Å². The number of carbonyl (C=O) groups is 2. The van der Waals surface area contributed by atoms with Crippen molar-refractivity contribution in [2.45, 2.75) is 24.9 Å². The van der Waals surface area contributed by atoms with Crippen molar-refractivity contribution >= 4 is 40.2 Å². The van der Waals surface area contributed by atoms with Crippen molar-refractivity contribution in [1.82, 2.24) is 9.55 Å². The predicted molar refractivity (Wildman–Crippen MR) is 106 cm³/mol. The fourth-order valence-corrected chi connectivity index (χ4v) is 3.54. The zero-order valence-corrected chi connectivity index (χ0v) is 15.7. The van der Waals surface area contributed by atoms with E-state index in [4.69, 9.17) is 0 Å². The van der Waals surface area contributed by atoms with Gasteiger partial charge in [-0.15, -0.1) is 0 Å². The fraction of sp³-hybridized carbons (Fsp3) is 0.250. The third kappa shape index (κ3) is 4.14. The number of carbonyl (C=O) groups excluding carboxylic acids is 2. The van der Waals surface area contributed by atoms with Crippen LogP contribution in [0.25, 0.3) is 11.0 Å². The Bertz CT molecular complexity index is 932. The van der Waals surface area contributed by atoms with Crippen molar-refractivity contribution < 1.29 is 9.59 Å². The molecule has 134 valence electrons.